The summed E-state index contributed by atoms with van der Waals surface area (Å²) in [7, 11) is 0. The molecule has 2 aliphatic heterocycles. The van der Waals surface area contributed by atoms with E-state index in [9.17, 15) is 0 Å². The Morgan fingerprint density at radius 2 is 1.77 bits per heavy atom. The fourth-order valence-corrected chi connectivity index (χ4v) is 3.53. The zero-order chi connectivity index (χ0) is 15.3. The zero-order valence-electron chi connectivity index (χ0n) is 13.5. The third kappa shape index (κ3) is 4.00. The molecule has 4 heteroatoms. The van der Waals surface area contributed by atoms with Gasteiger partial charge in [-0.1, -0.05) is 12.1 Å². The number of nitrogens with one attached hydrogen (secondary N) is 1. The lowest BCUT2D eigenvalue weighted by atomic mass is 9.82. The second kappa shape index (κ2) is 7.44. The molecule has 0 bridgehead atoms. The number of nitrogens with zero attached hydrogens (tertiary/aromatic N) is 1. The molecule has 2 aliphatic rings. The van der Waals surface area contributed by atoms with Gasteiger partial charge in [-0.25, -0.2) is 0 Å². The average Bonchev–Trinajstić information content (AvgIpc) is 3.06. The van der Waals surface area contributed by atoms with E-state index in [1.165, 1.54) is 31.5 Å². The van der Waals surface area contributed by atoms with Crippen molar-refractivity contribution in [2.75, 3.05) is 39.3 Å². The standard InChI is InChI=1S/C18H29N3O/c19-18(8-10-20-11-9-18)16-4-6-17(7-5-16)22-15-3-14-21-12-1-2-13-21/h4-7,20H,1-3,8-15,19H2. The van der Waals surface area contributed by atoms with Gasteiger partial charge in [0, 0.05) is 12.1 Å². The number of likely N-dealkylation sites (tertiary alicyclic amines) is 1. The van der Waals surface area contributed by atoms with E-state index < -0.39 is 0 Å². The summed E-state index contributed by atoms with van der Waals surface area (Å²) in [6.07, 6.45) is 5.83. The van der Waals surface area contributed by atoms with Crippen LogP contribution in [0.4, 0.5) is 0 Å². The minimum atomic E-state index is -0.167. The van der Waals surface area contributed by atoms with Crippen molar-refractivity contribution < 1.29 is 4.74 Å². The lowest BCUT2D eigenvalue weighted by molar-refractivity contribution is 0.263. The van der Waals surface area contributed by atoms with Crippen molar-refractivity contribution in [2.24, 2.45) is 5.73 Å². The third-order valence-electron chi connectivity index (χ3n) is 5.01. The van der Waals surface area contributed by atoms with Gasteiger partial charge in [0.2, 0.25) is 0 Å². The fourth-order valence-electron chi connectivity index (χ4n) is 3.53. The Morgan fingerprint density at radius 3 is 2.45 bits per heavy atom. The molecule has 0 saturated carbocycles. The summed E-state index contributed by atoms with van der Waals surface area (Å²) in [5, 5.41) is 3.37. The van der Waals surface area contributed by atoms with Crippen LogP contribution in [0.2, 0.25) is 0 Å². The number of ether oxygens (including phenoxy) is 1. The Labute approximate surface area is 134 Å². The van der Waals surface area contributed by atoms with Gasteiger partial charge >= 0.3 is 0 Å². The first-order valence-electron chi connectivity index (χ1n) is 8.72. The van der Waals surface area contributed by atoms with E-state index in [-0.39, 0.29) is 5.54 Å². The van der Waals surface area contributed by atoms with Gasteiger partial charge in [-0.05, 0) is 76.0 Å². The molecule has 122 valence electrons. The average molecular weight is 303 g/mol. The van der Waals surface area contributed by atoms with Gasteiger partial charge in [0.1, 0.15) is 5.75 Å². The van der Waals surface area contributed by atoms with Crippen LogP contribution in [0.5, 0.6) is 5.75 Å². The monoisotopic (exact) mass is 303 g/mol. The van der Waals surface area contributed by atoms with Gasteiger partial charge in [-0.15, -0.1) is 0 Å². The maximum absolute atomic E-state index is 6.54. The van der Waals surface area contributed by atoms with Crippen molar-refractivity contribution in [3.63, 3.8) is 0 Å². The summed E-state index contributed by atoms with van der Waals surface area (Å²) < 4.78 is 5.86. The Morgan fingerprint density at radius 1 is 1.09 bits per heavy atom. The lowest BCUT2D eigenvalue weighted by Crippen LogP contribution is -2.46. The van der Waals surface area contributed by atoms with E-state index >= 15 is 0 Å². The molecule has 3 N–H and O–H groups in total. The summed E-state index contributed by atoms with van der Waals surface area (Å²) in [5.74, 6) is 0.961. The highest BCUT2D eigenvalue weighted by Crippen LogP contribution is 2.29. The van der Waals surface area contributed by atoms with Crippen molar-refractivity contribution in [3.05, 3.63) is 29.8 Å². The summed E-state index contributed by atoms with van der Waals surface area (Å²) in [5.41, 5.74) is 7.60. The molecule has 2 heterocycles. The molecule has 2 fully saturated rings. The van der Waals surface area contributed by atoms with Gasteiger partial charge in [0.05, 0.1) is 6.61 Å². The predicted molar refractivity (Wildman–Crippen MR) is 90.2 cm³/mol. The number of piperidine rings is 1. The first kappa shape index (κ1) is 15.8. The van der Waals surface area contributed by atoms with Crippen molar-refractivity contribution in [1.82, 2.24) is 10.2 Å². The SMILES string of the molecule is NC1(c2ccc(OCCCN3CCCC3)cc2)CCNCC1. The van der Waals surface area contributed by atoms with Crippen LogP contribution in [0.1, 0.15) is 37.7 Å². The number of hydrogen-bond donors (Lipinski definition) is 2. The lowest BCUT2D eigenvalue weighted by Gasteiger charge is -2.34. The van der Waals surface area contributed by atoms with Crippen molar-refractivity contribution in [2.45, 2.75) is 37.6 Å². The molecule has 2 saturated heterocycles. The van der Waals surface area contributed by atoms with E-state index in [1.807, 2.05) is 0 Å². The van der Waals surface area contributed by atoms with Gasteiger partial charge in [0.25, 0.3) is 0 Å². The normalized spacial score (nSPS) is 21.9. The Hall–Kier alpha value is -1.10. The van der Waals surface area contributed by atoms with Crippen molar-refractivity contribution in [3.8, 4) is 5.75 Å². The number of nitrogens with two attached hydrogens (primary N) is 1. The highest BCUT2D eigenvalue weighted by Gasteiger charge is 2.29. The molecule has 0 amide bonds. The summed E-state index contributed by atoms with van der Waals surface area (Å²) >= 11 is 0. The minimum Gasteiger partial charge on any atom is -0.494 e. The molecule has 0 aromatic heterocycles. The van der Waals surface area contributed by atoms with Gasteiger partial charge in [-0.3, -0.25) is 0 Å². The van der Waals surface area contributed by atoms with Crippen LogP contribution in [0, 0.1) is 0 Å². The van der Waals surface area contributed by atoms with Crippen molar-refractivity contribution in [1.29, 1.82) is 0 Å². The maximum atomic E-state index is 6.54. The summed E-state index contributed by atoms with van der Waals surface area (Å²) in [4.78, 5) is 2.53. The Kier molecular flexibility index (Phi) is 5.34. The van der Waals surface area contributed by atoms with E-state index in [4.69, 9.17) is 10.5 Å². The number of benzene rings is 1. The van der Waals surface area contributed by atoms with Crippen LogP contribution in [0.25, 0.3) is 0 Å². The highest BCUT2D eigenvalue weighted by atomic mass is 16.5. The molecule has 0 radical (unpaired) electrons. The van der Waals surface area contributed by atoms with Crippen LogP contribution in [-0.2, 0) is 5.54 Å². The molecule has 22 heavy (non-hydrogen) atoms. The molecule has 1 aromatic rings. The smallest absolute Gasteiger partial charge is 0.119 e. The maximum Gasteiger partial charge on any atom is 0.119 e. The first-order valence-corrected chi connectivity index (χ1v) is 8.72. The largest absolute Gasteiger partial charge is 0.494 e. The van der Waals surface area contributed by atoms with E-state index in [2.05, 4.69) is 34.5 Å². The van der Waals surface area contributed by atoms with Crippen LogP contribution >= 0.6 is 0 Å². The predicted octanol–water partition coefficient (Wildman–Crippen LogP) is 2.09. The van der Waals surface area contributed by atoms with Gasteiger partial charge < -0.3 is 20.7 Å². The van der Waals surface area contributed by atoms with E-state index in [0.717, 1.165) is 51.3 Å². The van der Waals surface area contributed by atoms with Crippen LogP contribution in [-0.4, -0.2) is 44.2 Å². The molecule has 0 spiro atoms. The van der Waals surface area contributed by atoms with E-state index in [0.29, 0.717) is 0 Å². The summed E-state index contributed by atoms with van der Waals surface area (Å²) in [6, 6.07) is 8.42. The van der Waals surface area contributed by atoms with Crippen LogP contribution in [0.15, 0.2) is 24.3 Å². The molecule has 3 rings (SSSR count). The summed E-state index contributed by atoms with van der Waals surface area (Å²) in [6.45, 7) is 6.51. The van der Waals surface area contributed by atoms with E-state index in [1.54, 1.807) is 0 Å². The molecule has 0 unspecified atom stereocenters. The molecular formula is C18H29N3O. The quantitative estimate of drug-likeness (QED) is 0.790. The second-order valence-corrected chi connectivity index (χ2v) is 6.68. The second-order valence-electron chi connectivity index (χ2n) is 6.68. The minimum absolute atomic E-state index is 0.167. The molecule has 4 nitrogen and oxygen atoms in total. The Balaban J connectivity index is 1.44. The Bertz CT molecular complexity index is 448. The number of rotatable bonds is 6. The molecular weight excluding hydrogens is 274 g/mol. The molecule has 0 aliphatic carbocycles. The number of hydrogen-bond acceptors (Lipinski definition) is 4. The fraction of sp³-hybridized carbons (Fsp3) is 0.667. The topological polar surface area (TPSA) is 50.5 Å². The van der Waals surface area contributed by atoms with Crippen LogP contribution in [0.3, 0.4) is 0 Å². The molecule has 1 aromatic carbocycles. The first-order chi connectivity index (χ1) is 10.8. The van der Waals surface area contributed by atoms with Crippen LogP contribution < -0.4 is 15.8 Å². The third-order valence-corrected chi connectivity index (χ3v) is 5.01. The molecule has 0 atom stereocenters. The zero-order valence-corrected chi connectivity index (χ0v) is 13.5. The van der Waals surface area contributed by atoms with Gasteiger partial charge in [0.15, 0.2) is 0 Å². The van der Waals surface area contributed by atoms with Gasteiger partial charge in [-0.2, -0.15) is 0 Å². The van der Waals surface area contributed by atoms with Crippen molar-refractivity contribution >= 4 is 0 Å². The highest BCUT2D eigenvalue weighted by molar-refractivity contribution is 5.32.